The summed E-state index contributed by atoms with van der Waals surface area (Å²) in [5, 5.41) is 21.6. The summed E-state index contributed by atoms with van der Waals surface area (Å²) in [4.78, 5) is 0. The predicted molar refractivity (Wildman–Crippen MR) is 198 cm³/mol. The number of ether oxygens (including phenoxy) is 4. The van der Waals surface area contributed by atoms with Crippen molar-refractivity contribution in [2.24, 2.45) is 23.2 Å². The molecule has 0 bridgehead atoms. The van der Waals surface area contributed by atoms with Gasteiger partial charge in [0, 0.05) is 50.4 Å². The third kappa shape index (κ3) is 11.8. The van der Waals surface area contributed by atoms with E-state index in [1.54, 1.807) is 10.8 Å². The zero-order valence-corrected chi connectivity index (χ0v) is 33.3. The minimum absolute atomic E-state index is 0.00142. The van der Waals surface area contributed by atoms with Gasteiger partial charge in [-0.1, -0.05) is 34.6 Å². The van der Waals surface area contributed by atoms with Gasteiger partial charge in [-0.3, -0.25) is 0 Å². The molecule has 18 heteroatoms. The van der Waals surface area contributed by atoms with Crippen molar-refractivity contribution >= 4 is 21.6 Å². The Balaban J connectivity index is 1.12. The summed E-state index contributed by atoms with van der Waals surface area (Å²) in [5.74, 6) is 3.75. The molecule has 0 spiro atoms. The van der Waals surface area contributed by atoms with E-state index < -0.39 is 37.2 Å². The lowest BCUT2D eigenvalue weighted by molar-refractivity contribution is -0.457. The maximum absolute atomic E-state index is 13.2. The number of aliphatic hydroxyl groups excluding tert-OH is 2. The van der Waals surface area contributed by atoms with Crippen molar-refractivity contribution in [1.82, 2.24) is 5.32 Å². The zero-order valence-electron chi connectivity index (χ0n) is 31.7. The van der Waals surface area contributed by atoms with Crippen LogP contribution in [0.15, 0.2) is 18.2 Å². The molecule has 7 nitrogen and oxygen atoms in total. The molecule has 3 N–H and O–H groups in total. The summed E-state index contributed by atoms with van der Waals surface area (Å²) in [6, 6.07) is 6.31. The van der Waals surface area contributed by atoms with Crippen LogP contribution in [-0.4, -0.2) is 111 Å². The Kier molecular flexibility index (Phi) is 18.2. The molecule has 1 aromatic rings. The van der Waals surface area contributed by atoms with Crippen molar-refractivity contribution in [3.8, 4) is 5.75 Å². The molecule has 4 rings (SSSR count). The van der Waals surface area contributed by atoms with Gasteiger partial charge in [0.25, 0.3) is 0 Å². The predicted octanol–water partition coefficient (Wildman–Crippen LogP) is 8.90. The van der Waals surface area contributed by atoms with Crippen molar-refractivity contribution in [1.29, 1.82) is 0 Å². The molecule has 1 aromatic carbocycles. The lowest BCUT2D eigenvalue weighted by Gasteiger charge is -2.50. The van der Waals surface area contributed by atoms with Crippen LogP contribution >= 0.6 is 21.6 Å². The topological polar surface area (TPSA) is 89.4 Å². The van der Waals surface area contributed by atoms with Gasteiger partial charge >= 0.3 is 24.1 Å². The van der Waals surface area contributed by atoms with Crippen LogP contribution < -0.4 is 10.1 Å². The first kappa shape index (κ1) is 47.5. The van der Waals surface area contributed by atoms with Crippen LogP contribution in [0, 0.1) is 23.2 Å². The van der Waals surface area contributed by atoms with Gasteiger partial charge in [-0.15, -0.1) is 0 Å². The molecular weight excluding hydrogens is 802 g/mol. The van der Waals surface area contributed by atoms with Crippen molar-refractivity contribution in [2.75, 3.05) is 70.8 Å². The molecule has 0 saturated heterocycles. The summed E-state index contributed by atoms with van der Waals surface area (Å²) in [6.45, 7) is 3.87. The molecule has 0 radical (unpaired) electrons. The van der Waals surface area contributed by atoms with E-state index in [0.29, 0.717) is 44.0 Å². The third-order valence-corrected chi connectivity index (χ3v) is 14.1. The number of halogens is 9. The number of aliphatic hydroxyl groups is 2. The monoisotopic (exact) mass is 857 g/mol. The number of aryl methyl sites for hydroxylation is 1. The van der Waals surface area contributed by atoms with Crippen LogP contribution in [0.3, 0.4) is 0 Å². The molecule has 2 fully saturated rings. The Hall–Kier alpha value is -1.15. The van der Waals surface area contributed by atoms with Crippen LogP contribution in [0.1, 0.15) is 81.8 Å². The van der Waals surface area contributed by atoms with E-state index in [9.17, 15) is 39.5 Å². The van der Waals surface area contributed by atoms with Gasteiger partial charge in [0.05, 0.1) is 19.3 Å². The normalized spacial score (nSPS) is 24.3. The van der Waals surface area contributed by atoms with Crippen molar-refractivity contribution in [2.45, 2.75) is 107 Å². The Morgan fingerprint density at radius 2 is 1.52 bits per heavy atom. The molecule has 0 unspecified atom stereocenters. The number of rotatable bonds is 24. The van der Waals surface area contributed by atoms with Crippen molar-refractivity contribution < 1.29 is 68.7 Å². The summed E-state index contributed by atoms with van der Waals surface area (Å²) in [7, 11) is 3.61. The molecule has 0 aliphatic heterocycles. The number of benzene rings is 1. The van der Waals surface area contributed by atoms with E-state index in [1.807, 2.05) is 16.9 Å². The third-order valence-electron chi connectivity index (χ3n) is 11.7. The number of nitrogens with one attached hydrogen (secondary N) is 1. The second-order valence-electron chi connectivity index (χ2n) is 15.2. The van der Waals surface area contributed by atoms with Gasteiger partial charge in [0.2, 0.25) is 0 Å². The zero-order chi connectivity index (χ0) is 41.0. The van der Waals surface area contributed by atoms with Gasteiger partial charge in [-0.25, -0.2) is 0 Å². The summed E-state index contributed by atoms with van der Waals surface area (Å²) in [5.41, 5.74) is -3.93. The van der Waals surface area contributed by atoms with Crippen LogP contribution in [0.5, 0.6) is 5.75 Å². The maximum atomic E-state index is 13.2. The molecule has 3 aliphatic rings. The highest BCUT2D eigenvalue weighted by atomic mass is 33.1. The first-order valence-corrected chi connectivity index (χ1v) is 21.9. The van der Waals surface area contributed by atoms with Gasteiger partial charge in [-0.05, 0) is 117 Å². The number of fused-ring (bicyclic) bond motifs is 5. The minimum Gasteiger partial charge on any atom is -0.492 e. The first-order chi connectivity index (χ1) is 26.5. The van der Waals surface area contributed by atoms with Crippen LogP contribution in [0.25, 0.3) is 0 Å². The highest BCUT2D eigenvalue weighted by Crippen LogP contribution is 2.62. The van der Waals surface area contributed by atoms with E-state index in [0.717, 1.165) is 81.7 Å². The van der Waals surface area contributed by atoms with Crippen LogP contribution in [-0.2, 0) is 20.6 Å². The molecule has 5 atom stereocenters. The van der Waals surface area contributed by atoms with Gasteiger partial charge in [0.1, 0.15) is 12.4 Å². The fourth-order valence-corrected chi connectivity index (χ4v) is 10.7. The second kappa shape index (κ2) is 21.4. The first-order valence-electron chi connectivity index (χ1n) is 19.5. The molecule has 0 heterocycles. The number of alkyl halides is 9. The standard InChI is InChI=1S/C38H56F9NO6S2/c1-34-13-12-30-29-9-7-28(52-19-15-48-14-3-21-55-56-22-20-51-16-2-5-26(24-49)25-50)23-27(29)6-8-31(30)32(34)10-11-33(34)53-17-4-18-54-35(36(39,40)41,37(42,43)44)38(45,46)47/h7,9,23,26,30-33,48-50H,2-6,8,10-22,24-25H2,1H3/t30-,31-,32+,33+,34+/m1/s1. The largest absolute Gasteiger partial charge is 0.492 e. The SMILES string of the molecule is C[C@]12CC[C@@H]3c4ccc(OCCNCCCSSCCOCCCC(CO)CO)cc4CC[C@H]3[C@@H]1CC[C@@H]2OCCCOC(C(F)(F)F)(C(F)(F)F)C(F)(F)F. The molecule has 2 saturated carbocycles. The Labute approximate surface area is 331 Å². The lowest BCUT2D eigenvalue weighted by atomic mass is 9.55. The molecule has 324 valence electrons. The van der Waals surface area contributed by atoms with Crippen LogP contribution in [0.2, 0.25) is 0 Å². The highest BCUT2D eigenvalue weighted by Gasteiger charge is 2.85. The number of hydrogen-bond donors (Lipinski definition) is 3. The van der Waals surface area contributed by atoms with E-state index in [2.05, 4.69) is 29.1 Å². The maximum Gasteiger partial charge on any atom is 0.435 e. The van der Waals surface area contributed by atoms with E-state index in [4.69, 9.17) is 24.4 Å². The van der Waals surface area contributed by atoms with Gasteiger partial charge in [-0.2, -0.15) is 39.5 Å². The Bertz CT molecular complexity index is 1280. The summed E-state index contributed by atoms with van der Waals surface area (Å²) in [6.07, 6.45) is -13.4. The highest BCUT2D eigenvalue weighted by molar-refractivity contribution is 8.76. The van der Waals surface area contributed by atoms with E-state index >= 15 is 0 Å². The van der Waals surface area contributed by atoms with E-state index in [-0.39, 0.29) is 37.3 Å². The Morgan fingerprint density at radius 3 is 2.21 bits per heavy atom. The second-order valence-corrected chi connectivity index (χ2v) is 17.9. The van der Waals surface area contributed by atoms with Crippen molar-refractivity contribution in [3.05, 3.63) is 29.3 Å². The molecule has 0 amide bonds. The average Bonchev–Trinajstić information content (AvgIpc) is 3.47. The van der Waals surface area contributed by atoms with Gasteiger partial charge < -0.3 is 34.5 Å². The fraction of sp³-hybridized carbons (Fsp3) is 0.842. The van der Waals surface area contributed by atoms with E-state index in [1.165, 1.54) is 11.1 Å². The molecule has 0 aromatic heterocycles. The molecule has 56 heavy (non-hydrogen) atoms. The fourth-order valence-electron chi connectivity index (χ4n) is 8.76. The van der Waals surface area contributed by atoms with Crippen molar-refractivity contribution in [3.63, 3.8) is 0 Å². The number of hydrogen-bond acceptors (Lipinski definition) is 9. The average molecular weight is 858 g/mol. The van der Waals surface area contributed by atoms with Gasteiger partial charge in [0.15, 0.2) is 0 Å². The summed E-state index contributed by atoms with van der Waals surface area (Å²) >= 11 is 0. The molecule has 3 aliphatic carbocycles. The van der Waals surface area contributed by atoms with Crippen LogP contribution in [0.4, 0.5) is 39.5 Å². The molecular formula is C38H56F9NO6S2. The lowest BCUT2D eigenvalue weighted by Crippen LogP contribution is -2.67. The quantitative estimate of drug-likeness (QED) is 0.0536. The summed E-state index contributed by atoms with van der Waals surface area (Å²) < 4.78 is 140. The minimum atomic E-state index is -6.74. The Morgan fingerprint density at radius 1 is 0.804 bits per heavy atom. The smallest absolute Gasteiger partial charge is 0.435 e.